The van der Waals surface area contributed by atoms with Crippen LogP contribution in [-0.2, 0) is 16.8 Å². The third-order valence-electron chi connectivity index (χ3n) is 3.39. The average Bonchev–Trinajstić information content (AvgIpc) is 2.86. The Kier molecular flexibility index (Phi) is 4.64. The van der Waals surface area contributed by atoms with Gasteiger partial charge in [-0.2, -0.15) is 17.0 Å². The molecule has 0 bridgehead atoms. The van der Waals surface area contributed by atoms with E-state index in [-0.39, 0.29) is 13.1 Å². The summed E-state index contributed by atoms with van der Waals surface area (Å²) in [6.45, 7) is 0.808. The number of methoxy groups -OCH3 is 1. The van der Waals surface area contributed by atoms with E-state index < -0.39 is 16.3 Å². The number of hydrogen-bond donors (Lipinski definition) is 1. The largest absolute Gasteiger partial charge is 0.497 e. The second kappa shape index (κ2) is 6.09. The van der Waals surface area contributed by atoms with Crippen LogP contribution in [0.4, 0.5) is 0 Å². The number of aliphatic hydroxyl groups excluding tert-OH is 1. The minimum absolute atomic E-state index is 0.171. The Labute approximate surface area is 119 Å². The summed E-state index contributed by atoms with van der Waals surface area (Å²) >= 11 is 0. The molecule has 0 aliphatic carbocycles. The van der Waals surface area contributed by atoms with Gasteiger partial charge in [-0.3, -0.25) is 0 Å². The highest BCUT2D eigenvalue weighted by Crippen LogP contribution is 2.19. The zero-order valence-corrected chi connectivity index (χ0v) is 12.5. The zero-order chi connectivity index (χ0) is 14.8. The van der Waals surface area contributed by atoms with Crippen LogP contribution >= 0.6 is 0 Å². The molecule has 1 atom stereocenters. The Balaban J connectivity index is 2.08. The molecule has 7 heteroatoms. The molecular weight excluding hydrogens is 280 g/mol. The number of aliphatic hydroxyl groups is 1. The number of rotatable bonds is 5. The topological polar surface area (TPSA) is 70.1 Å². The molecule has 0 radical (unpaired) electrons. The van der Waals surface area contributed by atoms with E-state index in [1.54, 1.807) is 14.2 Å². The van der Waals surface area contributed by atoms with Gasteiger partial charge in [0.05, 0.1) is 13.2 Å². The molecule has 112 valence electrons. The zero-order valence-electron chi connectivity index (χ0n) is 11.7. The molecule has 6 nitrogen and oxygen atoms in total. The quantitative estimate of drug-likeness (QED) is 0.856. The molecule has 0 aromatic heterocycles. The third kappa shape index (κ3) is 3.29. The highest BCUT2D eigenvalue weighted by atomic mass is 32.2. The van der Waals surface area contributed by atoms with Crippen molar-refractivity contribution in [3.63, 3.8) is 0 Å². The smallest absolute Gasteiger partial charge is 0.282 e. The van der Waals surface area contributed by atoms with Crippen molar-refractivity contribution in [3.05, 3.63) is 29.8 Å². The van der Waals surface area contributed by atoms with Gasteiger partial charge in [-0.15, -0.1) is 0 Å². The molecule has 1 fully saturated rings. The number of nitrogens with zero attached hydrogens (tertiary/aromatic N) is 2. The molecule has 20 heavy (non-hydrogen) atoms. The summed E-state index contributed by atoms with van der Waals surface area (Å²) in [6.07, 6.45) is -0.0679. The summed E-state index contributed by atoms with van der Waals surface area (Å²) in [4.78, 5) is 0. The Hall–Kier alpha value is -1.15. The van der Waals surface area contributed by atoms with E-state index in [0.29, 0.717) is 18.7 Å². The van der Waals surface area contributed by atoms with Crippen LogP contribution in [0.15, 0.2) is 24.3 Å². The molecule has 1 saturated heterocycles. The van der Waals surface area contributed by atoms with Crippen molar-refractivity contribution >= 4 is 10.2 Å². The van der Waals surface area contributed by atoms with Gasteiger partial charge in [0.25, 0.3) is 10.2 Å². The molecule has 1 aliphatic heterocycles. The fraction of sp³-hybridized carbons (Fsp3) is 0.538. The van der Waals surface area contributed by atoms with Gasteiger partial charge in [-0.05, 0) is 24.1 Å². The minimum Gasteiger partial charge on any atom is -0.497 e. The van der Waals surface area contributed by atoms with Crippen LogP contribution in [0, 0.1) is 0 Å². The first kappa shape index (κ1) is 15.2. The second-order valence-electron chi connectivity index (χ2n) is 4.92. The van der Waals surface area contributed by atoms with Gasteiger partial charge in [0.2, 0.25) is 0 Å². The third-order valence-corrected chi connectivity index (χ3v) is 5.29. The first-order chi connectivity index (χ1) is 9.43. The van der Waals surface area contributed by atoms with Crippen molar-refractivity contribution in [2.24, 2.45) is 0 Å². The Bertz CT molecular complexity index is 561. The van der Waals surface area contributed by atoms with E-state index in [1.807, 2.05) is 24.3 Å². The maximum absolute atomic E-state index is 12.3. The molecule has 0 spiro atoms. The van der Waals surface area contributed by atoms with Crippen LogP contribution in [0.5, 0.6) is 5.75 Å². The van der Waals surface area contributed by atoms with E-state index in [2.05, 4.69) is 0 Å². The summed E-state index contributed by atoms with van der Waals surface area (Å²) in [5, 5.41) is 9.46. The highest BCUT2D eigenvalue weighted by molar-refractivity contribution is 7.86. The van der Waals surface area contributed by atoms with Crippen LogP contribution in [0.3, 0.4) is 0 Å². The fourth-order valence-corrected chi connectivity index (χ4v) is 3.63. The van der Waals surface area contributed by atoms with Crippen molar-refractivity contribution in [1.29, 1.82) is 0 Å². The normalized spacial score (nSPS) is 20.5. The molecule has 1 aromatic carbocycles. The van der Waals surface area contributed by atoms with Crippen LogP contribution in [0.25, 0.3) is 0 Å². The van der Waals surface area contributed by atoms with E-state index in [4.69, 9.17) is 4.74 Å². The summed E-state index contributed by atoms with van der Waals surface area (Å²) < 4.78 is 32.4. The number of hydrogen-bond acceptors (Lipinski definition) is 4. The fourth-order valence-electron chi connectivity index (χ4n) is 2.23. The summed E-state index contributed by atoms with van der Waals surface area (Å²) in [7, 11) is -0.408. The lowest BCUT2D eigenvalue weighted by molar-refractivity contribution is 0.188. The Morgan fingerprint density at radius 3 is 2.85 bits per heavy atom. The van der Waals surface area contributed by atoms with Gasteiger partial charge in [0, 0.05) is 26.7 Å². The van der Waals surface area contributed by atoms with Gasteiger partial charge in [-0.25, -0.2) is 0 Å². The van der Waals surface area contributed by atoms with Crippen molar-refractivity contribution in [3.8, 4) is 5.75 Å². The van der Waals surface area contributed by atoms with E-state index in [9.17, 15) is 13.5 Å². The van der Waals surface area contributed by atoms with Gasteiger partial charge in [-0.1, -0.05) is 12.1 Å². The molecule has 1 aliphatic rings. The first-order valence-corrected chi connectivity index (χ1v) is 7.85. The van der Waals surface area contributed by atoms with Crippen LogP contribution in [0.2, 0.25) is 0 Å². The molecule has 0 amide bonds. The number of benzene rings is 1. The van der Waals surface area contributed by atoms with Crippen molar-refractivity contribution in [2.45, 2.75) is 19.1 Å². The summed E-state index contributed by atoms with van der Waals surface area (Å²) in [6, 6.07) is 7.31. The van der Waals surface area contributed by atoms with Gasteiger partial charge < -0.3 is 9.84 Å². The monoisotopic (exact) mass is 300 g/mol. The SMILES string of the molecule is COc1cccc(CN(C)S(=O)(=O)N2CC[C@@H](O)C2)c1. The van der Waals surface area contributed by atoms with Crippen molar-refractivity contribution in [1.82, 2.24) is 8.61 Å². The molecule has 0 unspecified atom stereocenters. The van der Waals surface area contributed by atoms with Crippen LogP contribution < -0.4 is 4.74 Å². The molecule has 1 aromatic rings. The standard InChI is InChI=1S/C13H20N2O4S/c1-14(9-11-4-3-5-13(8-11)19-2)20(17,18)15-7-6-12(16)10-15/h3-5,8,12,16H,6-7,9-10H2,1-2H3/t12-/m1/s1. The Morgan fingerprint density at radius 1 is 1.50 bits per heavy atom. The van der Waals surface area contributed by atoms with E-state index >= 15 is 0 Å². The Morgan fingerprint density at radius 2 is 2.25 bits per heavy atom. The molecular formula is C13H20N2O4S. The molecule has 1 N–H and O–H groups in total. The molecule has 2 rings (SSSR count). The van der Waals surface area contributed by atoms with Gasteiger partial charge >= 0.3 is 0 Å². The van der Waals surface area contributed by atoms with Crippen LogP contribution in [0.1, 0.15) is 12.0 Å². The first-order valence-electron chi connectivity index (χ1n) is 6.46. The lowest BCUT2D eigenvalue weighted by Gasteiger charge is -2.24. The van der Waals surface area contributed by atoms with E-state index in [1.165, 1.54) is 8.61 Å². The van der Waals surface area contributed by atoms with E-state index in [0.717, 1.165) is 5.56 Å². The maximum Gasteiger partial charge on any atom is 0.282 e. The van der Waals surface area contributed by atoms with Crippen molar-refractivity contribution < 1.29 is 18.3 Å². The second-order valence-corrected chi connectivity index (χ2v) is 6.95. The predicted octanol–water partition coefficient (Wildman–Crippen LogP) is 0.438. The average molecular weight is 300 g/mol. The summed E-state index contributed by atoms with van der Waals surface area (Å²) in [5.41, 5.74) is 0.857. The number of β-amino-alcohol motifs (C(OH)–C–C–N with tert-alkyl or cyclic N) is 1. The summed E-state index contributed by atoms with van der Waals surface area (Å²) in [5.74, 6) is 0.699. The highest BCUT2D eigenvalue weighted by Gasteiger charge is 2.33. The molecule has 0 saturated carbocycles. The minimum atomic E-state index is -3.52. The van der Waals surface area contributed by atoms with Crippen LogP contribution in [-0.4, -0.2) is 55.5 Å². The lowest BCUT2D eigenvalue weighted by atomic mass is 10.2. The maximum atomic E-state index is 12.3. The van der Waals surface area contributed by atoms with Gasteiger partial charge in [0.15, 0.2) is 0 Å². The molecule has 1 heterocycles. The van der Waals surface area contributed by atoms with Crippen molar-refractivity contribution in [2.75, 3.05) is 27.2 Å². The number of ether oxygens (including phenoxy) is 1. The van der Waals surface area contributed by atoms with Gasteiger partial charge in [0.1, 0.15) is 5.75 Å². The predicted molar refractivity (Wildman–Crippen MR) is 75.6 cm³/mol. The lowest BCUT2D eigenvalue weighted by Crippen LogP contribution is -2.40.